The van der Waals surface area contributed by atoms with Crippen LogP contribution in [-0.2, 0) is 11.2 Å². The molecule has 0 atom stereocenters. The van der Waals surface area contributed by atoms with Gasteiger partial charge in [0.2, 0.25) is 11.9 Å². The minimum atomic E-state index is -0.145. The SMILES string of the molecule is CN(CC1=NC=CC1)C(=O)c1ccc(Nc2ncc3c(n2)-c2ccc(Cl)cc2NC(=O)C3)cc1. The molecule has 5 rings (SSSR count). The summed E-state index contributed by atoms with van der Waals surface area (Å²) in [6.45, 7) is 0.499. The Morgan fingerprint density at radius 1 is 1.21 bits per heavy atom. The predicted octanol–water partition coefficient (Wildman–Crippen LogP) is 4.47. The molecular formula is C25H21ClN6O2. The number of hydrogen-bond acceptors (Lipinski definition) is 6. The van der Waals surface area contributed by atoms with E-state index < -0.39 is 0 Å². The van der Waals surface area contributed by atoms with Crippen LogP contribution in [0.25, 0.3) is 11.3 Å². The smallest absolute Gasteiger partial charge is 0.253 e. The summed E-state index contributed by atoms with van der Waals surface area (Å²) in [4.78, 5) is 39.9. The topological polar surface area (TPSA) is 99.6 Å². The number of fused-ring (bicyclic) bond motifs is 3. The molecule has 9 heteroatoms. The predicted molar refractivity (Wildman–Crippen MR) is 133 cm³/mol. The first kappa shape index (κ1) is 21.8. The molecule has 0 spiro atoms. The Hall–Kier alpha value is -4.04. The lowest BCUT2D eigenvalue weighted by atomic mass is 10.1. The maximum absolute atomic E-state index is 12.7. The van der Waals surface area contributed by atoms with E-state index in [1.165, 1.54) is 0 Å². The number of anilines is 3. The summed E-state index contributed by atoms with van der Waals surface area (Å²) in [7, 11) is 1.77. The van der Waals surface area contributed by atoms with Crippen LogP contribution in [0.4, 0.5) is 17.3 Å². The van der Waals surface area contributed by atoms with Gasteiger partial charge in [0, 0.05) is 59.0 Å². The molecule has 2 amide bonds. The van der Waals surface area contributed by atoms with Crippen molar-refractivity contribution in [3.63, 3.8) is 0 Å². The maximum Gasteiger partial charge on any atom is 0.253 e. The molecule has 0 saturated heterocycles. The third-order valence-electron chi connectivity index (χ3n) is 5.60. The number of benzene rings is 2. The molecule has 2 N–H and O–H groups in total. The number of hydrogen-bond donors (Lipinski definition) is 2. The van der Waals surface area contributed by atoms with Gasteiger partial charge in [-0.2, -0.15) is 0 Å². The molecule has 0 unspecified atom stereocenters. The molecule has 0 fully saturated rings. The lowest BCUT2D eigenvalue weighted by Gasteiger charge is -2.17. The van der Waals surface area contributed by atoms with Crippen LogP contribution in [-0.4, -0.2) is 46.0 Å². The van der Waals surface area contributed by atoms with Gasteiger partial charge < -0.3 is 15.5 Å². The summed E-state index contributed by atoms with van der Waals surface area (Å²) < 4.78 is 0. The summed E-state index contributed by atoms with van der Waals surface area (Å²) in [6, 6.07) is 12.5. The van der Waals surface area contributed by atoms with E-state index in [4.69, 9.17) is 11.6 Å². The molecule has 1 aromatic heterocycles. The van der Waals surface area contributed by atoms with Gasteiger partial charge in [0.15, 0.2) is 0 Å². The Kier molecular flexibility index (Phi) is 5.81. The monoisotopic (exact) mass is 472 g/mol. The molecule has 2 aromatic carbocycles. The largest absolute Gasteiger partial charge is 0.336 e. The Balaban J connectivity index is 1.34. The zero-order valence-electron chi connectivity index (χ0n) is 18.4. The number of rotatable bonds is 5. The van der Waals surface area contributed by atoms with Crippen LogP contribution in [0.3, 0.4) is 0 Å². The maximum atomic E-state index is 12.7. The van der Waals surface area contributed by atoms with E-state index in [0.29, 0.717) is 34.5 Å². The molecule has 0 saturated carbocycles. The van der Waals surface area contributed by atoms with Crippen LogP contribution in [0.1, 0.15) is 22.3 Å². The van der Waals surface area contributed by atoms with Crippen molar-refractivity contribution in [3.8, 4) is 11.3 Å². The number of allylic oxidation sites excluding steroid dienone is 1. The lowest BCUT2D eigenvalue weighted by Crippen LogP contribution is -2.31. The minimum absolute atomic E-state index is 0.0742. The fourth-order valence-corrected chi connectivity index (χ4v) is 4.09. The zero-order chi connectivity index (χ0) is 23.7. The van der Waals surface area contributed by atoms with E-state index in [1.54, 1.807) is 48.6 Å². The number of halogens is 1. The molecule has 0 radical (unpaired) electrons. The van der Waals surface area contributed by atoms with Crippen molar-refractivity contribution in [3.05, 3.63) is 77.1 Å². The number of aromatic nitrogens is 2. The normalized spacial score (nSPS) is 13.9. The van der Waals surface area contributed by atoms with Gasteiger partial charge >= 0.3 is 0 Å². The van der Waals surface area contributed by atoms with Crippen LogP contribution in [0.2, 0.25) is 5.02 Å². The number of amides is 2. The molecule has 2 aliphatic heterocycles. The van der Waals surface area contributed by atoms with Gasteiger partial charge in [0.1, 0.15) is 0 Å². The number of carbonyl (C=O) groups is 2. The van der Waals surface area contributed by atoms with E-state index in [-0.39, 0.29) is 18.2 Å². The van der Waals surface area contributed by atoms with Crippen LogP contribution >= 0.6 is 11.6 Å². The Labute approximate surface area is 201 Å². The molecule has 3 aromatic rings. The first-order chi connectivity index (χ1) is 16.5. The Morgan fingerprint density at radius 2 is 2.03 bits per heavy atom. The average molecular weight is 473 g/mol. The van der Waals surface area contributed by atoms with E-state index in [9.17, 15) is 9.59 Å². The second-order valence-corrected chi connectivity index (χ2v) is 8.57. The first-order valence-electron chi connectivity index (χ1n) is 10.7. The van der Waals surface area contributed by atoms with Crippen molar-refractivity contribution in [1.82, 2.24) is 14.9 Å². The van der Waals surface area contributed by atoms with Gasteiger partial charge in [-0.15, -0.1) is 0 Å². The Morgan fingerprint density at radius 3 is 2.79 bits per heavy atom. The van der Waals surface area contributed by atoms with Crippen molar-refractivity contribution >= 4 is 46.5 Å². The molecule has 8 nitrogen and oxygen atoms in total. The lowest BCUT2D eigenvalue weighted by molar-refractivity contribution is -0.115. The minimum Gasteiger partial charge on any atom is -0.336 e. The fraction of sp³-hybridized carbons (Fsp3) is 0.160. The van der Waals surface area contributed by atoms with Crippen molar-refractivity contribution < 1.29 is 9.59 Å². The number of nitrogens with one attached hydrogen (secondary N) is 2. The van der Waals surface area contributed by atoms with Gasteiger partial charge in [-0.3, -0.25) is 14.6 Å². The van der Waals surface area contributed by atoms with Crippen molar-refractivity contribution in [2.45, 2.75) is 12.8 Å². The van der Waals surface area contributed by atoms with E-state index in [0.717, 1.165) is 28.9 Å². The summed E-state index contributed by atoms with van der Waals surface area (Å²) >= 11 is 6.11. The summed E-state index contributed by atoms with van der Waals surface area (Å²) in [6.07, 6.45) is 6.35. The zero-order valence-corrected chi connectivity index (χ0v) is 19.1. The highest BCUT2D eigenvalue weighted by Gasteiger charge is 2.21. The number of aliphatic imine (C=N–C) groups is 1. The van der Waals surface area contributed by atoms with Gasteiger partial charge in [-0.1, -0.05) is 17.7 Å². The quantitative estimate of drug-likeness (QED) is 0.571. The fourth-order valence-electron chi connectivity index (χ4n) is 3.92. The van der Waals surface area contributed by atoms with Gasteiger partial charge in [-0.05, 0) is 42.5 Å². The van der Waals surface area contributed by atoms with E-state index in [2.05, 4.69) is 25.6 Å². The summed E-state index contributed by atoms with van der Waals surface area (Å²) in [5.74, 6) is 0.167. The van der Waals surface area contributed by atoms with Crippen LogP contribution in [0, 0.1) is 0 Å². The van der Waals surface area contributed by atoms with Crippen molar-refractivity contribution in [1.29, 1.82) is 0 Å². The third-order valence-corrected chi connectivity index (χ3v) is 5.83. The molecule has 34 heavy (non-hydrogen) atoms. The van der Waals surface area contributed by atoms with Crippen LogP contribution in [0.5, 0.6) is 0 Å². The van der Waals surface area contributed by atoms with Crippen molar-refractivity contribution in [2.24, 2.45) is 4.99 Å². The third kappa shape index (κ3) is 4.53. The molecular weight excluding hydrogens is 452 g/mol. The van der Waals surface area contributed by atoms with Crippen molar-refractivity contribution in [2.75, 3.05) is 24.2 Å². The second kappa shape index (κ2) is 9.07. The van der Waals surface area contributed by atoms with Gasteiger partial charge in [0.05, 0.1) is 24.3 Å². The molecule has 2 aliphatic rings. The van der Waals surface area contributed by atoms with Crippen LogP contribution in [0.15, 0.2) is 65.9 Å². The Bertz CT molecular complexity index is 1350. The summed E-state index contributed by atoms with van der Waals surface area (Å²) in [5.41, 5.74) is 5.08. The van der Waals surface area contributed by atoms with Crippen LogP contribution < -0.4 is 10.6 Å². The average Bonchev–Trinajstić information content (AvgIpc) is 3.28. The van der Waals surface area contributed by atoms with Gasteiger partial charge in [0.25, 0.3) is 5.91 Å². The van der Waals surface area contributed by atoms with E-state index in [1.807, 2.05) is 24.3 Å². The second-order valence-electron chi connectivity index (χ2n) is 8.13. The van der Waals surface area contributed by atoms with Gasteiger partial charge in [-0.25, -0.2) is 9.97 Å². The first-order valence-corrected chi connectivity index (χ1v) is 11.1. The number of nitrogens with zero attached hydrogens (tertiary/aromatic N) is 4. The summed E-state index contributed by atoms with van der Waals surface area (Å²) in [5, 5.41) is 6.58. The molecule has 170 valence electrons. The highest BCUT2D eigenvalue weighted by molar-refractivity contribution is 6.31. The molecule has 0 aliphatic carbocycles. The number of carbonyl (C=O) groups excluding carboxylic acids is 2. The molecule has 3 heterocycles. The highest BCUT2D eigenvalue weighted by Crippen LogP contribution is 2.34. The highest BCUT2D eigenvalue weighted by atomic mass is 35.5. The van der Waals surface area contributed by atoms with E-state index >= 15 is 0 Å². The molecule has 0 bridgehead atoms. The standard InChI is InChI=1S/C25H21ClN6O2/c1-32(14-19-3-2-10-27-19)24(34)15-4-7-18(8-5-15)29-25-28-13-16-11-22(33)30-21-12-17(26)6-9-20(21)23(16)31-25/h2,4-10,12-13H,3,11,14H2,1H3,(H,30,33)(H,28,29,31).